The zero-order valence-corrected chi connectivity index (χ0v) is 12.1. The minimum Gasteiger partial charge on any atom is -0.483 e. The Hall–Kier alpha value is -2.62. The highest BCUT2D eigenvalue weighted by Gasteiger charge is 2.09. The van der Waals surface area contributed by atoms with E-state index in [2.05, 4.69) is 5.32 Å². The summed E-state index contributed by atoms with van der Waals surface area (Å²) in [5, 5.41) is 2.75. The number of amides is 1. The number of aldehydes is 1. The van der Waals surface area contributed by atoms with Crippen LogP contribution in [0.1, 0.15) is 21.5 Å². The fraction of sp³-hybridized carbons (Fsp3) is 0.176. The molecule has 1 amide bonds. The quantitative estimate of drug-likeness (QED) is 0.858. The van der Waals surface area contributed by atoms with Gasteiger partial charge in [0.2, 0.25) is 0 Å². The number of hydrogen-bond acceptors (Lipinski definition) is 3. The van der Waals surface area contributed by atoms with Crippen LogP contribution in [-0.2, 0) is 4.79 Å². The van der Waals surface area contributed by atoms with Crippen molar-refractivity contribution in [3.05, 3.63) is 59.2 Å². The molecule has 0 atom stereocenters. The largest absolute Gasteiger partial charge is 0.483 e. The van der Waals surface area contributed by atoms with Crippen LogP contribution in [0.5, 0.6) is 5.75 Å². The van der Waals surface area contributed by atoms with Crippen molar-refractivity contribution in [1.82, 2.24) is 0 Å². The van der Waals surface area contributed by atoms with E-state index in [0.717, 1.165) is 23.1 Å². The molecule has 0 radical (unpaired) electrons. The van der Waals surface area contributed by atoms with Crippen LogP contribution < -0.4 is 10.1 Å². The maximum atomic E-state index is 11.8. The molecule has 0 saturated heterocycles. The number of rotatable bonds is 5. The Balaban J connectivity index is 2.00. The number of carbonyl (C=O) groups is 2. The number of anilines is 1. The molecule has 4 nitrogen and oxygen atoms in total. The van der Waals surface area contributed by atoms with Crippen LogP contribution in [0.15, 0.2) is 42.5 Å². The number of benzene rings is 2. The van der Waals surface area contributed by atoms with Gasteiger partial charge in [-0.25, -0.2) is 0 Å². The number of aryl methyl sites for hydroxylation is 2. The van der Waals surface area contributed by atoms with E-state index in [4.69, 9.17) is 4.74 Å². The Morgan fingerprint density at radius 3 is 2.33 bits per heavy atom. The second-order valence-electron chi connectivity index (χ2n) is 4.80. The second kappa shape index (κ2) is 6.70. The molecule has 2 rings (SSSR count). The van der Waals surface area contributed by atoms with Crippen LogP contribution in [-0.4, -0.2) is 18.8 Å². The van der Waals surface area contributed by atoms with E-state index in [1.807, 2.05) is 44.2 Å². The number of hydrogen-bond donors (Lipinski definition) is 1. The van der Waals surface area contributed by atoms with Gasteiger partial charge in [-0.05, 0) is 49.2 Å². The second-order valence-corrected chi connectivity index (χ2v) is 4.80. The normalized spacial score (nSPS) is 10.0. The minimum absolute atomic E-state index is 0.0724. The molecule has 0 aliphatic heterocycles. The molecular formula is C17H17NO3. The summed E-state index contributed by atoms with van der Waals surface area (Å²) >= 11 is 0. The predicted molar refractivity (Wildman–Crippen MR) is 81.9 cm³/mol. The molecule has 0 unspecified atom stereocenters. The van der Waals surface area contributed by atoms with Gasteiger partial charge in [0, 0.05) is 11.3 Å². The molecule has 0 spiro atoms. The summed E-state index contributed by atoms with van der Waals surface area (Å²) in [5.74, 6) is 0.420. The number of nitrogens with one attached hydrogen (secondary N) is 1. The SMILES string of the molecule is Cc1cc(C=O)cc(C)c1OCC(=O)Nc1ccccc1. The van der Waals surface area contributed by atoms with Crippen molar-refractivity contribution < 1.29 is 14.3 Å². The predicted octanol–water partition coefficient (Wildman–Crippen LogP) is 3.13. The Morgan fingerprint density at radius 2 is 1.76 bits per heavy atom. The summed E-state index contributed by atoms with van der Waals surface area (Å²) < 4.78 is 5.57. The van der Waals surface area contributed by atoms with E-state index in [1.165, 1.54) is 0 Å². The molecule has 21 heavy (non-hydrogen) atoms. The molecule has 0 heterocycles. The highest BCUT2D eigenvalue weighted by atomic mass is 16.5. The van der Waals surface area contributed by atoms with E-state index in [9.17, 15) is 9.59 Å². The molecule has 2 aromatic carbocycles. The van der Waals surface area contributed by atoms with Crippen LogP contribution in [0.2, 0.25) is 0 Å². The van der Waals surface area contributed by atoms with E-state index in [0.29, 0.717) is 11.3 Å². The molecule has 4 heteroatoms. The fourth-order valence-corrected chi connectivity index (χ4v) is 2.14. The monoisotopic (exact) mass is 283 g/mol. The number of ether oxygens (including phenoxy) is 1. The average molecular weight is 283 g/mol. The summed E-state index contributed by atoms with van der Waals surface area (Å²) in [5.41, 5.74) is 3.01. The lowest BCUT2D eigenvalue weighted by Gasteiger charge is -2.12. The minimum atomic E-state index is -0.223. The molecule has 0 bridgehead atoms. The molecule has 108 valence electrons. The number of para-hydroxylation sites is 1. The first-order chi connectivity index (χ1) is 10.1. The van der Waals surface area contributed by atoms with E-state index in [-0.39, 0.29) is 12.5 Å². The van der Waals surface area contributed by atoms with Gasteiger partial charge in [-0.2, -0.15) is 0 Å². The Morgan fingerprint density at radius 1 is 1.14 bits per heavy atom. The van der Waals surface area contributed by atoms with Crippen LogP contribution in [0.4, 0.5) is 5.69 Å². The van der Waals surface area contributed by atoms with Crippen LogP contribution in [0.3, 0.4) is 0 Å². The van der Waals surface area contributed by atoms with Crippen LogP contribution >= 0.6 is 0 Å². The van der Waals surface area contributed by atoms with Crippen molar-refractivity contribution in [2.75, 3.05) is 11.9 Å². The fourth-order valence-electron chi connectivity index (χ4n) is 2.14. The highest BCUT2D eigenvalue weighted by Crippen LogP contribution is 2.24. The first-order valence-electron chi connectivity index (χ1n) is 6.64. The van der Waals surface area contributed by atoms with Crippen molar-refractivity contribution in [1.29, 1.82) is 0 Å². The molecule has 0 aromatic heterocycles. The van der Waals surface area contributed by atoms with Gasteiger partial charge < -0.3 is 10.1 Å². The van der Waals surface area contributed by atoms with Crippen molar-refractivity contribution in [2.24, 2.45) is 0 Å². The molecule has 0 aliphatic carbocycles. The van der Waals surface area contributed by atoms with E-state index < -0.39 is 0 Å². The third-order valence-corrected chi connectivity index (χ3v) is 3.02. The van der Waals surface area contributed by atoms with Gasteiger partial charge in [-0.1, -0.05) is 18.2 Å². The highest BCUT2D eigenvalue weighted by molar-refractivity contribution is 5.91. The number of carbonyl (C=O) groups excluding carboxylic acids is 2. The molecule has 0 aliphatic rings. The topological polar surface area (TPSA) is 55.4 Å². The van der Waals surface area contributed by atoms with Crippen molar-refractivity contribution in [3.8, 4) is 5.75 Å². The lowest BCUT2D eigenvalue weighted by Crippen LogP contribution is -2.20. The average Bonchev–Trinajstić information content (AvgIpc) is 2.47. The van der Waals surface area contributed by atoms with Gasteiger partial charge >= 0.3 is 0 Å². The van der Waals surface area contributed by atoms with Gasteiger partial charge in [0.05, 0.1) is 0 Å². The van der Waals surface area contributed by atoms with Crippen LogP contribution in [0, 0.1) is 13.8 Å². The summed E-state index contributed by atoms with van der Waals surface area (Å²) in [6, 6.07) is 12.7. The Labute approximate surface area is 123 Å². The molecular weight excluding hydrogens is 266 g/mol. The lowest BCUT2D eigenvalue weighted by atomic mass is 10.1. The third-order valence-electron chi connectivity index (χ3n) is 3.02. The molecule has 2 aromatic rings. The third kappa shape index (κ3) is 3.92. The zero-order valence-electron chi connectivity index (χ0n) is 12.1. The van der Waals surface area contributed by atoms with E-state index in [1.54, 1.807) is 12.1 Å². The maximum absolute atomic E-state index is 11.8. The van der Waals surface area contributed by atoms with Crippen molar-refractivity contribution in [2.45, 2.75) is 13.8 Å². The first-order valence-corrected chi connectivity index (χ1v) is 6.64. The van der Waals surface area contributed by atoms with Gasteiger partial charge in [-0.3, -0.25) is 9.59 Å². The summed E-state index contributed by atoms with van der Waals surface area (Å²) in [7, 11) is 0. The Kier molecular flexibility index (Phi) is 4.72. The Bertz CT molecular complexity index is 627. The zero-order chi connectivity index (χ0) is 15.2. The molecule has 1 N–H and O–H groups in total. The first kappa shape index (κ1) is 14.8. The van der Waals surface area contributed by atoms with Gasteiger partial charge in [0.1, 0.15) is 12.0 Å². The van der Waals surface area contributed by atoms with Crippen molar-refractivity contribution >= 4 is 17.9 Å². The van der Waals surface area contributed by atoms with Crippen molar-refractivity contribution in [3.63, 3.8) is 0 Å². The summed E-state index contributed by atoms with van der Waals surface area (Å²) in [6.45, 7) is 3.63. The van der Waals surface area contributed by atoms with Gasteiger partial charge in [0.25, 0.3) is 5.91 Å². The molecule has 0 fully saturated rings. The van der Waals surface area contributed by atoms with E-state index >= 15 is 0 Å². The van der Waals surface area contributed by atoms with Gasteiger partial charge in [0.15, 0.2) is 6.61 Å². The smallest absolute Gasteiger partial charge is 0.262 e. The standard InChI is InChI=1S/C17H17NO3/c1-12-8-14(10-19)9-13(2)17(12)21-11-16(20)18-15-6-4-3-5-7-15/h3-10H,11H2,1-2H3,(H,18,20). The molecule has 0 saturated carbocycles. The summed E-state index contributed by atoms with van der Waals surface area (Å²) in [6.07, 6.45) is 0.798. The maximum Gasteiger partial charge on any atom is 0.262 e. The van der Waals surface area contributed by atoms with Crippen LogP contribution in [0.25, 0.3) is 0 Å². The van der Waals surface area contributed by atoms with Gasteiger partial charge in [-0.15, -0.1) is 0 Å². The lowest BCUT2D eigenvalue weighted by molar-refractivity contribution is -0.118. The summed E-state index contributed by atoms with van der Waals surface area (Å²) in [4.78, 5) is 22.6.